The lowest BCUT2D eigenvalue weighted by Gasteiger charge is -2.32. The minimum Gasteiger partial charge on any atom is -0.374 e. The van der Waals surface area contributed by atoms with Gasteiger partial charge in [0.05, 0.1) is 12.7 Å². The number of rotatable bonds is 5. The van der Waals surface area contributed by atoms with Gasteiger partial charge in [-0.25, -0.2) is 0 Å². The van der Waals surface area contributed by atoms with Crippen LogP contribution in [0.3, 0.4) is 0 Å². The SMILES string of the molecule is Cc1cc(NC(=O)CCN2CCOC(CN)C2)no1.Cl. The maximum Gasteiger partial charge on any atom is 0.226 e. The van der Waals surface area contributed by atoms with Crippen LogP contribution in [0.4, 0.5) is 5.82 Å². The average Bonchev–Trinajstić information content (AvgIpc) is 2.82. The van der Waals surface area contributed by atoms with E-state index < -0.39 is 0 Å². The lowest BCUT2D eigenvalue weighted by atomic mass is 10.2. The minimum atomic E-state index is -0.0657. The first kappa shape index (κ1) is 16.9. The smallest absolute Gasteiger partial charge is 0.226 e. The van der Waals surface area contributed by atoms with Gasteiger partial charge in [-0.1, -0.05) is 5.16 Å². The predicted molar refractivity (Wildman–Crippen MR) is 77.0 cm³/mol. The number of carbonyl (C=O) groups is 1. The first-order chi connectivity index (χ1) is 9.17. The standard InChI is InChI=1S/C12H20N4O3.ClH/c1-9-6-11(15-19-9)14-12(17)2-3-16-4-5-18-10(7-13)8-16;/h6,10H,2-5,7-8,13H2,1H3,(H,14,15,17);1H. The molecule has 0 saturated carbocycles. The maximum absolute atomic E-state index is 11.7. The van der Waals surface area contributed by atoms with Gasteiger partial charge in [-0.05, 0) is 6.92 Å². The topological polar surface area (TPSA) is 93.6 Å². The summed E-state index contributed by atoms with van der Waals surface area (Å²) >= 11 is 0. The molecular formula is C12H21ClN4O3. The molecule has 1 fully saturated rings. The molecule has 1 saturated heterocycles. The number of nitrogens with zero attached hydrogens (tertiary/aromatic N) is 2. The molecule has 1 aromatic heterocycles. The van der Waals surface area contributed by atoms with Crippen molar-refractivity contribution in [1.29, 1.82) is 0 Å². The third-order valence-corrected chi connectivity index (χ3v) is 3.04. The summed E-state index contributed by atoms with van der Waals surface area (Å²) in [5.41, 5.74) is 5.58. The number of hydrogen-bond donors (Lipinski definition) is 2. The molecule has 0 bridgehead atoms. The second-order valence-electron chi connectivity index (χ2n) is 4.65. The van der Waals surface area contributed by atoms with Crippen LogP contribution in [0.25, 0.3) is 0 Å². The molecule has 1 atom stereocenters. The Balaban J connectivity index is 0.00000200. The zero-order valence-corrected chi connectivity index (χ0v) is 12.3. The van der Waals surface area contributed by atoms with Gasteiger partial charge in [-0.2, -0.15) is 0 Å². The van der Waals surface area contributed by atoms with Gasteiger partial charge in [0.1, 0.15) is 5.76 Å². The average molecular weight is 305 g/mol. The zero-order valence-electron chi connectivity index (χ0n) is 11.5. The molecule has 7 nitrogen and oxygen atoms in total. The van der Waals surface area contributed by atoms with E-state index in [4.69, 9.17) is 15.0 Å². The van der Waals surface area contributed by atoms with Crippen molar-refractivity contribution in [1.82, 2.24) is 10.1 Å². The predicted octanol–water partition coefficient (Wildman–Crippen LogP) is 0.393. The number of hydrogen-bond acceptors (Lipinski definition) is 6. The van der Waals surface area contributed by atoms with Crippen molar-refractivity contribution in [3.63, 3.8) is 0 Å². The fraction of sp³-hybridized carbons (Fsp3) is 0.667. The van der Waals surface area contributed by atoms with Crippen LogP contribution in [0.2, 0.25) is 0 Å². The molecule has 1 aliphatic rings. The van der Waals surface area contributed by atoms with Crippen molar-refractivity contribution >= 4 is 24.1 Å². The van der Waals surface area contributed by atoms with E-state index in [-0.39, 0.29) is 24.4 Å². The third-order valence-electron chi connectivity index (χ3n) is 3.04. The lowest BCUT2D eigenvalue weighted by molar-refractivity contribution is -0.117. The molecule has 0 aliphatic carbocycles. The van der Waals surface area contributed by atoms with Crippen molar-refractivity contribution in [2.45, 2.75) is 19.4 Å². The van der Waals surface area contributed by atoms with E-state index in [9.17, 15) is 4.79 Å². The van der Waals surface area contributed by atoms with Crippen molar-refractivity contribution in [2.75, 3.05) is 38.1 Å². The monoisotopic (exact) mass is 304 g/mol. The van der Waals surface area contributed by atoms with Gasteiger partial charge in [-0.15, -0.1) is 12.4 Å². The Kier molecular flexibility index (Phi) is 6.94. The second kappa shape index (κ2) is 8.21. The molecule has 2 rings (SSSR count). The molecule has 0 aromatic carbocycles. The van der Waals surface area contributed by atoms with Gasteiger partial charge < -0.3 is 20.3 Å². The number of nitrogens with two attached hydrogens (primary N) is 1. The van der Waals surface area contributed by atoms with Gasteiger partial charge in [0.15, 0.2) is 5.82 Å². The molecule has 0 radical (unpaired) electrons. The Morgan fingerprint density at radius 1 is 1.65 bits per heavy atom. The summed E-state index contributed by atoms with van der Waals surface area (Å²) in [4.78, 5) is 13.9. The van der Waals surface area contributed by atoms with E-state index in [1.807, 2.05) is 0 Å². The van der Waals surface area contributed by atoms with Gasteiger partial charge in [0.25, 0.3) is 0 Å². The Labute approximate surface area is 124 Å². The molecule has 3 N–H and O–H groups in total. The van der Waals surface area contributed by atoms with E-state index in [1.165, 1.54) is 0 Å². The van der Waals surface area contributed by atoms with E-state index in [0.717, 1.165) is 13.1 Å². The molecule has 20 heavy (non-hydrogen) atoms. The molecular weight excluding hydrogens is 284 g/mol. The van der Waals surface area contributed by atoms with Crippen LogP contribution in [0.15, 0.2) is 10.6 Å². The van der Waals surface area contributed by atoms with Crippen LogP contribution in [0.5, 0.6) is 0 Å². The van der Waals surface area contributed by atoms with Crippen molar-refractivity contribution in [3.05, 3.63) is 11.8 Å². The number of aryl methyl sites for hydroxylation is 1. The summed E-state index contributed by atoms with van der Waals surface area (Å²) in [7, 11) is 0. The summed E-state index contributed by atoms with van der Waals surface area (Å²) in [6.45, 7) is 5.29. The van der Waals surface area contributed by atoms with E-state index in [2.05, 4.69) is 15.4 Å². The Morgan fingerprint density at radius 2 is 2.45 bits per heavy atom. The van der Waals surface area contributed by atoms with Gasteiger partial charge >= 0.3 is 0 Å². The molecule has 114 valence electrons. The van der Waals surface area contributed by atoms with Crippen LogP contribution in [0, 0.1) is 6.92 Å². The van der Waals surface area contributed by atoms with Gasteiger partial charge in [0.2, 0.25) is 5.91 Å². The minimum absolute atomic E-state index is 0. The fourth-order valence-electron chi connectivity index (χ4n) is 2.02. The summed E-state index contributed by atoms with van der Waals surface area (Å²) in [6.07, 6.45) is 0.499. The number of morpholine rings is 1. The summed E-state index contributed by atoms with van der Waals surface area (Å²) in [5, 5.41) is 6.42. The first-order valence-electron chi connectivity index (χ1n) is 6.44. The van der Waals surface area contributed by atoms with Crippen LogP contribution in [0.1, 0.15) is 12.2 Å². The Bertz CT molecular complexity index is 427. The van der Waals surface area contributed by atoms with Crippen molar-refractivity contribution in [2.24, 2.45) is 5.73 Å². The third kappa shape index (κ3) is 5.09. The molecule has 0 spiro atoms. The number of ether oxygens (including phenoxy) is 1. The van der Waals surface area contributed by atoms with Crippen LogP contribution in [-0.2, 0) is 9.53 Å². The van der Waals surface area contributed by atoms with Crippen molar-refractivity contribution < 1.29 is 14.1 Å². The molecule has 1 unspecified atom stereocenters. The molecule has 1 amide bonds. The van der Waals surface area contributed by atoms with E-state index in [1.54, 1.807) is 13.0 Å². The zero-order chi connectivity index (χ0) is 13.7. The number of anilines is 1. The summed E-state index contributed by atoms with van der Waals surface area (Å²) < 4.78 is 10.4. The molecule has 8 heteroatoms. The molecule has 2 heterocycles. The highest BCUT2D eigenvalue weighted by Gasteiger charge is 2.19. The largest absolute Gasteiger partial charge is 0.374 e. The Hall–Kier alpha value is -1.15. The number of aromatic nitrogens is 1. The molecule has 1 aromatic rings. The summed E-state index contributed by atoms with van der Waals surface area (Å²) in [6, 6.07) is 1.69. The number of carbonyl (C=O) groups excluding carboxylic acids is 1. The van der Waals surface area contributed by atoms with E-state index >= 15 is 0 Å². The normalized spacial score (nSPS) is 19.4. The highest BCUT2D eigenvalue weighted by Crippen LogP contribution is 2.08. The van der Waals surface area contributed by atoms with Gasteiger partial charge in [-0.3, -0.25) is 9.69 Å². The quantitative estimate of drug-likeness (QED) is 0.817. The van der Waals surface area contributed by atoms with Crippen LogP contribution >= 0.6 is 12.4 Å². The van der Waals surface area contributed by atoms with Crippen molar-refractivity contribution in [3.8, 4) is 0 Å². The van der Waals surface area contributed by atoms with Crippen LogP contribution in [-0.4, -0.2) is 54.9 Å². The molecule has 1 aliphatic heterocycles. The second-order valence-corrected chi connectivity index (χ2v) is 4.65. The first-order valence-corrected chi connectivity index (χ1v) is 6.44. The lowest BCUT2D eigenvalue weighted by Crippen LogP contribution is -2.46. The fourth-order valence-corrected chi connectivity index (χ4v) is 2.02. The maximum atomic E-state index is 11.7. The Morgan fingerprint density at radius 3 is 3.10 bits per heavy atom. The highest BCUT2D eigenvalue weighted by atomic mass is 35.5. The van der Waals surface area contributed by atoms with Gasteiger partial charge in [0, 0.05) is 38.7 Å². The number of amides is 1. The van der Waals surface area contributed by atoms with E-state index in [0.29, 0.717) is 37.7 Å². The van der Waals surface area contributed by atoms with Crippen LogP contribution < -0.4 is 11.1 Å². The number of halogens is 1. The number of nitrogens with one attached hydrogen (secondary N) is 1. The highest BCUT2D eigenvalue weighted by molar-refractivity contribution is 5.89. The summed E-state index contributed by atoms with van der Waals surface area (Å²) in [5.74, 6) is 1.07.